The van der Waals surface area contributed by atoms with Crippen molar-refractivity contribution >= 4 is 28.3 Å². The van der Waals surface area contributed by atoms with Gasteiger partial charge in [-0.3, -0.25) is 4.79 Å². The first-order valence-corrected chi connectivity index (χ1v) is 12.4. The van der Waals surface area contributed by atoms with Gasteiger partial charge in [-0.2, -0.15) is 5.26 Å². The van der Waals surface area contributed by atoms with E-state index in [1.54, 1.807) is 12.0 Å². The fraction of sp³-hybridized carbons (Fsp3) is 0.480. The Morgan fingerprint density at radius 1 is 1.32 bits per heavy atom. The van der Waals surface area contributed by atoms with Gasteiger partial charge in [0.15, 0.2) is 0 Å². The lowest BCUT2D eigenvalue weighted by Crippen LogP contribution is -2.41. The minimum Gasteiger partial charge on any atom is -0.497 e. The van der Waals surface area contributed by atoms with E-state index in [1.807, 2.05) is 24.3 Å². The molecule has 2 amide bonds. The number of nitrogens with one attached hydrogen (secondary N) is 1. The SMILES string of the molecule is COc1cccc(CCC(=O)Nc2sc3c(c2C#N)CCC(COC(=O)N2CCOCC2)C3)c1. The number of carbonyl (C=O) groups is 2. The normalized spacial score (nSPS) is 17.4. The third-order valence-electron chi connectivity index (χ3n) is 6.22. The Kier molecular flexibility index (Phi) is 8.03. The van der Waals surface area contributed by atoms with Crippen LogP contribution in [0.5, 0.6) is 5.75 Å². The van der Waals surface area contributed by atoms with Crippen LogP contribution in [0.15, 0.2) is 24.3 Å². The predicted octanol–water partition coefficient (Wildman–Crippen LogP) is 3.77. The summed E-state index contributed by atoms with van der Waals surface area (Å²) in [5, 5.41) is 13.3. The first-order valence-electron chi connectivity index (χ1n) is 11.5. The molecule has 8 nitrogen and oxygen atoms in total. The number of ether oxygens (including phenoxy) is 3. The van der Waals surface area contributed by atoms with Crippen molar-refractivity contribution in [1.82, 2.24) is 4.90 Å². The highest BCUT2D eigenvalue weighted by atomic mass is 32.1. The van der Waals surface area contributed by atoms with Gasteiger partial charge in [0.2, 0.25) is 5.91 Å². The number of aryl methyl sites for hydroxylation is 1. The zero-order valence-corrected chi connectivity index (χ0v) is 20.1. The van der Waals surface area contributed by atoms with E-state index in [-0.39, 0.29) is 17.9 Å². The van der Waals surface area contributed by atoms with E-state index in [2.05, 4.69) is 11.4 Å². The van der Waals surface area contributed by atoms with Crippen LogP contribution in [0, 0.1) is 17.2 Å². The number of rotatable bonds is 7. The summed E-state index contributed by atoms with van der Waals surface area (Å²) < 4.78 is 16.1. The Labute approximate surface area is 203 Å². The molecule has 1 saturated heterocycles. The van der Waals surface area contributed by atoms with Crippen LogP contribution in [-0.4, -0.2) is 56.9 Å². The molecular formula is C25H29N3O5S. The number of hydrogen-bond acceptors (Lipinski definition) is 7. The maximum Gasteiger partial charge on any atom is 0.409 e. The monoisotopic (exact) mass is 483 g/mol. The Hall–Kier alpha value is -3.09. The van der Waals surface area contributed by atoms with Gasteiger partial charge < -0.3 is 24.4 Å². The van der Waals surface area contributed by atoms with Crippen LogP contribution >= 0.6 is 11.3 Å². The van der Waals surface area contributed by atoms with Crippen molar-refractivity contribution in [2.75, 3.05) is 45.3 Å². The largest absolute Gasteiger partial charge is 0.497 e. The Bertz CT molecular complexity index is 1070. The number of amides is 2. The standard InChI is InChI=1S/C25H29N3O5S/c1-31-19-4-2-3-17(13-19)6-8-23(29)27-24-21(15-26)20-7-5-18(14-22(20)34-24)16-33-25(30)28-9-11-32-12-10-28/h2-4,13,18H,5-12,14,16H2,1H3,(H,27,29). The number of hydrogen-bond donors (Lipinski definition) is 1. The van der Waals surface area contributed by atoms with Gasteiger partial charge in [-0.1, -0.05) is 12.1 Å². The summed E-state index contributed by atoms with van der Waals surface area (Å²) in [5.74, 6) is 0.856. The second-order valence-electron chi connectivity index (χ2n) is 8.50. The zero-order valence-electron chi connectivity index (χ0n) is 19.3. The average molecular weight is 484 g/mol. The Morgan fingerprint density at radius 3 is 2.91 bits per heavy atom. The Morgan fingerprint density at radius 2 is 2.15 bits per heavy atom. The van der Waals surface area contributed by atoms with Gasteiger partial charge in [-0.25, -0.2) is 4.79 Å². The summed E-state index contributed by atoms with van der Waals surface area (Å²) >= 11 is 1.47. The molecule has 4 rings (SSSR count). The highest BCUT2D eigenvalue weighted by Crippen LogP contribution is 2.39. The van der Waals surface area contributed by atoms with Crippen molar-refractivity contribution in [2.24, 2.45) is 5.92 Å². The van der Waals surface area contributed by atoms with E-state index in [4.69, 9.17) is 14.2 Å². The highest BCUT2D eigenvalue weighted by Gasteiger charge is 2.28. The van der Waals surface area contributed by atoms with Crippen LogP contribution < -0.4 is 10.1 Å². The summed E-state index contributed by atoms with van der Waals surface area (Å²) in [4.78, 5) is 27.6. The fourth-order valence-corrected chi connectivity index (χ4v) is 5.63. The van der Waals surface area contributed by atoms with Crippen LogP contribution in [0.1, 0.15) is 34.4 Å². The maximum atomic E-state index is 12.6. The molecule has 9 heteroatoms. The number of methoxy groups -OCH3 is 1. The lowest BCUT2D eigenvalue weighted by Gasteiger charge is -2.27. The van der Waals surface area contributed by atoms with Gasteiger partial charge >= 0.3 is 6.09 Å². The molecule has 0 radical (unpaired) electrons. The number of nitrogens with zero attached hydrogens (tertiary/aromatic N) is 2. The molecule has 1 N–H and O–H groups in total. The number of morpholine rings is 1. The molecule has 0 spiro atoms. The molecule has 34 heavy (non-hydrogen) atoms. The maximum absolute atomic E-state index is 12.6. The van der Waals surface area contributed by atoms with E-state index >= 15 is 0 Å². The number of nitriles is 1. The van der Waals surface area contributed by atoms with Crippen molar-refractivity contribution < 1.29 is 23.8 Å². The average Bonchev–Trinajstić information content (AvgIpc) is 3.22. The summed E-state index contributed by atoms with van der Waals surface area (Å²) in [6.45, 7) is 2.57. The first-order chi connectivity index (χ1) is 16.6. The molecule has 1 unspecified atom stereocenters. The van der Waals surface area contributed by atoms with E-state index < -0.39 is 0 Å². The van der Waals surface area contributed by atoms with E-state index in [1.165, 1.54) is 11.3 Å². The molecule has 2 aliphatic rings. The van der Waals surface area contributed by atoms with Crippen LogP contribution in [0.3, 0.4) is 0 Å². The summed E-state index contributed by atoms with van der Waals surface area (Å²) in [5.41, 5.74) is 2.61. The number of anilines is 1. The van der Waals surface area contributed by atoms with Crippen molar-refractivity contribution in [2.45, 2.75) is 32.1 Å². The number of fused-ring (bicyclic) bond motifs is 1. The highest BCUT2D eigenvalue weighted by molar-refractivity contribution is 7.16. The van der Waals surface area contributed by atoms with Crippen LogP contribution in [0.4, 0.5) is 9.80 Å². The van der Waals surface area contributed by atoms with Crippen LogP contribution in [0.25, 0.3) is 0 Å². The quantitative estimate of drug-likeness (QED) is 0.643. The Balaban J connectivity index is 1.32. The number of carbonyl (C=O) groups excluding carboxylic acids is 2. The van der Waals surface area contributed by atoms with Crippen molar-refractivity contribution in [1.29, 1.82) is 5.26 Å². The lowest BCUT2D eigenvalue weighted by atomic mass is 9.88. The van der Waals surface area contributed by atoms with Crippen molar-refractivity contribution in [3.63, 3.8) is 0 Å². The summed E-state index contributed by atoms with van der Waals surface area (Å²) in [6.07, 6.45) is 2.95. The lowest BCUT2D eigenvalue weighted by molar-refractivity contribution is -0.116. The molecule has 1 aliphatic heterocycles. The topological polar surface area (TPSA) is 101 Å². The molecule has 1 fully saturated rings. The summed E-state index contributed by atoms with van der Waals surface area (Å²) in [6, 6.07) is 9.94. The van der Waals surface area contributed by atoms with E-state index in [9.17, 15) is 14.9 Å². The third-order valence-corrected chi connectivity index (χ3v) is 7.39. The molecule has 1 aliphatic carbocycles. The number of thiophene rings is 1. The predicted molar refractivity (Wildman–Crippen MR) is 128 cm³/mol. The molecule has 1 atom stereocenters. The molecule has 2 heterocycles. The molecule has 2 aromatic rings. The minimum absolute atomic E-state index is 0.117. The second kappa shape index (κ2) is 11.4. The van der Waals surface area contributed by atoms with Crippen LogP contribution in [0.2, 0.25) is 0 Å². The third kappa shape index (κ3) is 5.88. The molecule has 0 bridgehead atoms. The van der Waals surface area contributed by atoms with Gasteiger partial charge in [0.05, 0.1) is 32.5 Å². The van der Waals surface area contributed by atoms with Gasteiger partial charge in [-0.05, 0) is 54.9 Å². The molecule has 0 saturated carbocycles. The number of benzene rings is 1. The van der Waals surface area contributed by atoms with Crippen LogP contribution in [-0.2, 0) is 33.5 Å². The van der Waals surface area contributed by atoms with Crippen molar-refractivity contribution in [3.05, 3.63) is 45.8 Å². The van der Waals surface area contributed by atoms with Gasteiger partial charge in [0.1, 0.15) is 16.8 Å². The minimum atomic E-state index is -0.290. The first kappa shape index (κ1) is 24.0. The van der Waals surface area contributed by atoms with E-state index in [0.717, 1.165) is 41.0 Å². The van der Waals surface area contributed by atoms with Gasteiger partial charge in [0, 0.05) is 24.4 Å². The van der Waals surface area contributed by atoms with Gasteiger partial charge in [-0.15, -0.1) is 11.3 Å². The van der Waals surface area contributed by atoms with Gasteiger partial charge in [0.25, 0.3) is 0 Å². The molecule has 1 aromatic heterocycles. The molecular weight excluding hydrogens is 454 g/mol. The second-order valence-corrected chi connectivity index (χ2v) is 9.61. The van der Waals surface area contributed by atoms with E-state index in [0.29, 0.717) is 56.3 Å². The fourth-order valence-electron chi connectivity index (χ4n) is 4.30. The van der Waals surface area contributed by atoms with Crippen molar-refractivity contribution in [3.8, 4) is 11.8 Å². The zero-order chi connectivity index (χ0) is 23.9. The molecule has 180 valence electrons. The smallest absolute Gasteiger partial charge is 0.409 e. The summed E-state index contributed by atoms with van der Waals surface area (Å²) in [7, 11) is 1.62. The molecule has 1 aromatic carbocycles.